The number of hydrogen-bond donors (Lipinski definition) is 3. The van der Waals surface area contributed by atoms with E-state index in [1.807, 2.05) is 61.5 Å². The fraction of sp³-hybridized carbons (Fsp3) is 0.267. The summed E-state index contributed by atoms with van der Waals surface area (Å²) in [5, 5.41) is 9.24. The highest BCUT2D eigenvalue weighted by atomic mass is 32.2. The van der Waals surface area contributed by atoms with Crippen LogP contribution in [0.15, 0.2) is 78.5 Å². The first-order valence-electron chi connectivity index (χ1n) is 13.3. The molecule has 204 valence electrons. The lowest BCUT2D eigenvalue weighted by atomic mass is 9.99. The van der Waals surface area contributed by atoms with E-state index in [0.717, 1.165) is 46.9 Å². The summed E-state index contributed by atoms with van der Waals surface area (Å²) < 4.78 is 5.97. The van der Waals surface area contributed by atoms with Crippen molar-refractivity contribution in [3.8, 4) is 11.5 Å². The Balaban J connectivity index is 1.23. The molecule has 3 aromatic rings. The molecule has 0 saturated heterocycles. The molecule has 3 N–H and O–H groups in total. The van der Waals surface area contributed by atoms with Gasteiger partial charge in [0, 0.05) is 23.8 Å². The van der Waals surface area contributed by atoms with E-state index >= 15 is 0 Å². The van der Waals surface area contributed by atoms with Crippen LogP contribution in [0.2, 0.25) is 0 Å². The van der Waals surface area contributed by atoms with Gasteiger partial charge >= 0.3 is 6.03 Å². The number of thioether (sulfide) groups is 1. The minimum Gasteiger partial charge on any atom is -0.457 e. The van der Waals surface area contributed by atoms with Crippen molar-refractivity contribution in [3.05, 3.63) is 84.6 Å². The quantitative estimate of drug-likeness (QED) is 0.358. The molecule has 3 heterocycles. The summed E-state index contributed by atoms with van der Waals surface area (Å²) in [5.74, 6) is 0.964. The summed E-state index contributed by atoms with van der Waals surface area (Å²) in [5.41, 5.74) is 3.12. The SMILES string of the molecule is C=CC(=O)N[C@@H]1CCC[C@@H]1NC(=O)C1Sc2nccc3c2C1NC(=O)N3c1ccc(Oc2ccccc2)cc1C. The average molecular weight is 556 g/mol. The highest BCUT2D eigenvalue weighted by molar-refractivity contribution is 8.01. The molecular weight excluding hydrogens is 526 g/mol. The number of rotatable bonds is 7. The van der Waals surface area contributed by atoms with Gasteiger partial charge in [0.15, 0.2) is 0 Å². The number of para-hydroxylation sites is 1. The van der Waals surface area contributed by atoms with E-state index < -0.39 is 11.3 Å². The van der Waals surface area contributed by atoms with Gasteiger partial charge in [0.05, 0.1) is 17.4 Å². The standard InChI is InChI=1S/C30H29N5O4S/c1-3-24(36)32-20-10-7-11-21(20)33-28(37)27-26-25-23(14-15-31-29(25)40-27)35(30(38)34-26)22-13-12-19(16-17(22)2)39-18-8-5-4-6-9-18/h3-6,8-9,12-16,20-21,26-27H,1,7,10-11H2,2H3,(H,32,36)(H,33,37)(H,34,38)/t20-,21+,26?,27?/m1/s1. The molecule has 0 bridgehead atoms. The lowest BCUT2D eigenvalue weighted by molar-refractivity contribution is -0.122. The number of ether oxygens (including phenoxy) is 1. The molecular formula is C30H29N5O4S. The van der Waals surface area contributed by atoms with E-state index in [2.05, 4.69) is 27.5 Å². The number of aryl methyl sites for hydroxylation is 1. The summed E-state index contributed by atoms with van der Waals surface area (Å²) in [4.78, 5) is 45.1. The lowest BCUT2D eigenvalue weighted by Gasteiger charge is -2.35. The van der Waals surface area contributed by atoms with E-state index in [9.17, 15) is 14.4 Å². The molecule has 0 radical (unpaired) electrons. The normalized spacial score (nSPS) is 22.7. The van der Waals surface area contributed by atoms with E-state index in [4.69, 9.17) is 4.74 Å². The van der Waals surface area contributed by atoms with Crippen LogP contribution in [0.25, 0.3) is 0 Å². The molecule has 9 nitrogen and oxygen atoms in total. The number of hydrogen-bond acceptors (Lipinski definition) is 6. The van der Waals surface area contributed by atoms with E-state index in [1.165, 1.54) is 17.8 Å². The predicted molar refractivity (Wildman–Crippen MR) is 153 cm³/mol. The third-order valence-electron chi connectivity index (χ3n) is 7.51. The van der Waals surface area contributed by atoms with Crippen molar-refractivity contribution in [3.63, 3.8) is 0 Å². The van der Waals surface area contributed by atoms with Crippen LogP contribution >= 0.6 is 11.8 Å². The molecule has 10 heteroatoms. The predicted octanol–water partition coefficient (Wildman–Crippen LogP) is 4.90. The Hall–Kier alpha value is -4.31. The second kappa shape index (κ2) is 10.7. The third kappa shape index (κ3) is 4.79. The van der Waals surface area contributed by atoms with Crippen LogP contribution in [0.5, 0.6) is 11.5 Å². The zero-order valence-electron chi connectivity index (χ0n) is 21.9. The zero-order chi connectivity index (χ0) is 27.8. The first kappa shape index (κ1) is 25.9. The Labute approximate surface area is 236 Å². The number of nitrogens with zero attached hydrogens (tertiary/aromatic N) is 2. The van der Waals surface area contributed by atoms with Gasteiger partial charge in [-0.3, -0.25) is 14.5 Å². The Morgan fingerprint density at radius 3 is 2.60 bits per heavy atom. The maximum atomic E-state index is 13.6. The molecule has 1 fully saturated rings. The molecule has 1 aromatic heterocycles. The zero-order valence-corrected chi connectivity index (χ0v) is 22.7. The van der Waals surface area contributed by atoms with Gasteiger partial charge < -0.3 is 20.7 Å². The fourth-order valence-electron chi connectivity index (χ4n) is 5.64. The largest absolute Gasteiger partial charge is 0.457 e. The van der Waals surface area contributed by atoms with Crippen LogP contribution < -0.4 is 25.6 Å². The number of anilines is 2. The maximum absolute atomic E-state index is 13.6. The minimum absolute atomic E-state index is 0.148. The van der Waals surface area contributed by atoms with Gasteiger partial charge in [0.2, 0.25) is 11.8 Å². The minimum atomic E-state index is -0.575. The molecule has 3 aliphatic rings. The van der Waals surface area contributed by atoms with Gasteiger partial charge in [0.25, 0.3) is 0 Å². The van der Waals surface area contributed by atoms with Crippen molar-refractivity contribution in [2.24, 2.45) is 0 Å². The lowest BCUT2D eigenvalue weighted by Crippen LogP contribution is -2.53. The number of benzene rings is 2. The number of carbonyl (C=O) groups excluding carboxylic acids is 3. The van der Waals surface area contributed by atoms with Gasteiger partial charge in [-0.2, -0.15) is 0 Å². The number of carbonyl (C=O) groups is 3. The molecule has 2 unspecified atom stereocenters. The molecule has 2 aliphatic heterocycles. The van der Waals surface area contributed by atoms with Crippen LogP contribution in [0.1, 0.15) is 36.4 Å². The fourth-order valence-corrected chi connectivity index (χ4v) is 6.88. The van der Waals surface area contributed by atoms with Gasteiger partial charge in [-0.05, 0) is 74.2 Å². The maximum Gasteiger partial charge on any atom is 0.327 e. The van der Waals surface area contributed by atoms with Gasteiger partial charge in [-0.1, -0.05) is 36.5 Å². The highest BCUT2D eigenvalue weighted by Crippen LogP contribution is 2.51. The molecule has 4 atom stereocenters. The molecule has 4 amide bonds. The van der Waals surface area contributed by atoms with E-state index in [0.29, 0.717) is 11.4 Å². The highest BCUT2D eigenvalue weighted by Gasteiger charge is 2.47. The summed E-state index contributed by atoms with van der Waals surface area (Å²) in [6, 6.07) is 15.8. The van der Waals surface area contributed by atoms with Crippen LogP contribution in [0.3, 0.4) is 0 Å². The number of nitrogens with one attached hydrogen (secondary N) is 3. The summed E-state index contributed by atoms with van der Waals surface area (Å²) >= 11 is 1.35. The first-order chi connectivity index (χ1) is 19.4. The second-order valence-electron chi connectivity index (χ2n) is 10.1. The van der Waals surface area contributed by atoms with Crippen molar-refractivity contribution in [1.29, 1.82) is 0 Å². The van der Waals surface area contributed by atoms with Crippen LogP contribution in [-0.2, 0) is 9.59 Å². The third-order valence-corrected chi connectivity index (χ3v) is 8.80. The summed E-state index contributed by atoms with van der Waals surface area (Å²) in [7, 11) is 0. The topological polar surface area (TPSA) is 113 Å². The Morgan fingerprint density at radius 1 is 1.07 bits per heavy atom. The van der Waals surface area contributed by atoms with Gasteiger partial charge in [-0.15, -0.1) is 0 Å². The number of amides is 4. The second-order valence-corrected chi connectivity index (χ2v) is 11.2. The van der Waals surface area contributed by atoms with Crippen molar-refractivity contribution in [1.82, 2.24) is 20.9 Å². The van der Waals surface area contributed by atoms with Crippen LogP contribution in [0, 0.1) is 6.92 Å². The Kier molecular flexibility index (Phi) is 6.93. The molecule has 1 saturated carbocycles. The number of pyridine rings is 1. The van der Waals surface area contributed by atoms with Crippen LogP contribution in [-0.4, -0.2) is 40.2 Å². The number of aromatic nitrogens is 1. The monoisotopic (exact) mass is 555 g/mol. The van der Waals surface area contributed by atoms with Crippen molar-refractivity contribution in [2.45, 2.75) is 54.6 Å². The van der Waals surface area contributed by atoms with Crippen LogP contribution in [0.4, 0.5) is 16.2 Å². The van der Waals surface area contributed by atoms with Gasteiger partial charge in [-0.25, -0.2) is 9.78 Å². The molecule has 2 aromatic carbocycles. The van der Waals surface area contributed by atoms with Crippen molar-refractivity contribution in [2.75, 3.05) is 4.90 Å². The van der Waals surface area contributed by atoms with Crippen molar-refractivity contribution >= 4 is 41.0 Å². The Morgan fingerprint density at radius 2 is 1.85 bits per heavy atom. The summed E-state index contributed by atoms with van der Waals surface area (Å²) in [6.07, 6.45) is 5.38. The van der Waals surface area contributed by atoms with Crippen molar-refractivity contribution < 1.29 is 19.1 Å². The van der Waals surface area contributed by atoms with E-state index in [-0.39, 0.29) is 29.9 Å². The molecule has 6 rings (SSSR count). The first-order valence-corrected chi connectivity index (χ1v) is 14.1. The summed E-state index contributed by atoms with van der Waals surface area (Å²) in [6.45, 7) is 5.44. The smallest absolute Gasteiger partial charge is 0.327 e. The molecule has 1 aliphatic carbocycles. The van der Waals surface area contributed by atoms with Gasteiger partial charge in [0.1, 0.15) is 21.8 Å². The average Bonchev–Trinajstić information content (AvgIpc) is 3.55. The molecule has 0 spiro atoms. The Bertz CT molecular complexity index is 1500. The van der Waals surface area contributed by atoms with E-state index in [1.54, 1.807) is 11.1 Å². The molecule has 40 heavy (non-hydrogen) atoms. The number of urea groups is 1.